The molecule has 0 amide bonds. The molecule has 6 nitrogen and oxygen atoms in total. The molecule has 0 aromatic carbocycles. The van der Waals surface area contributed by atoms with Crippen LogP contribution in [0.15, 0.2) is 60.8 Å². The Morgan fingerprint density at radius 3 is 0.840 bits per heavy atom. The molecule has 436 valence electrons. The van der Waals surface area contributed by atoms with Crippen LogP contribution in [0.1, 0.15) is 342 Å². The van der Waals surface area contributed by atoms with Crippen molar-refractivity contribution in [1.82, 2.24) is 0 Å². The van der Waals surface area contributed by atoms with Gasteiger partial charge in [0, 0.05) is 19.3 Å². The molecule has 0 saturated carbocycles. The maximum absolute atomic E-state index is 12.9. The third-order valence-corrected chi connectivity index (χ3v) is 14.5. The zero-order chi connectivity index (χ0) is 54.3. The van der Waals surface area contributed by atoms with Crippen molar-refractivity contribution in [1.29, 1.82) is 0 Å². The third-order valence-electron chi connectivity index (χ3n) is 14.5. The fourth-order valence-electron chi connectivity index (χ4n) is 9.61. The van der Waals surface area contributed by atoms with Gasteiger partial charge in [0.25, 0.3) is 0 Å². The third kappa shape index (κ3) is 61.8. The van der Waals surface area contributed by atoms with Crippen LogP contribution in [0.5, 0.6) is 0 Å². The predicted octanol–water partition coefficient (Wildman–Crippen LogP) is 22.3. The maximum atomic E-state index is 12.9. The number of esters is 3. The fourth-order valence-corrected chi connectivity index (χ4v) is 9.61. The standard InChI is InChI=1S/C69H124O6/c1-4-7-10-13-16-19-22-25-27-28-29-30-31-32-33-34-35-36-37-38-39-40-42-44-47-50-53-56-59-62-68(71)74-65-66(64-73-67(70)61-58-55-52-49-46-43-24-21-18-15-12-9-6-3)75-69(72)63-60-57-54-51-48-45-41-26-23-20-17-14-11-8-5-2/h7,10,16,19,21,24-25,27,29-30,66H,4-6,8-9,11-15,17-18,20,22-23,26,28,31-65H2,1-3H3/b10-7-,19-16-,24-21-,27-25-,30-29-. The summed E-state index contributed by atoms with van der Waals surface area (Å²) in [6.07, 6.45) is 80.9. The monoisotopic (exact) mass is 1050 g/mol. The molecule has 75 heavy (non-hydrogen) atoms. The fraction of sp³-hybridized carbons (Fsp3) is 0.812. The average molecular weight is 1050 g/mol. The van der Waals surface area contributed by atoms with E-state index in [4.69, 9.17) is 14.2 Å². The lowest BCUT2D eigenvalue weighted by atomic mass is 10.0. The molecule has 6 heteroatoms. The number of ether oxygens (including phenoxy) is 3. The number of rotatable bonds is 60. The highest BCUT2D eigenvalue weighted by Gasteiger charge is 2.19. The molecular formula is C69H124O6. The normalized spacial score (nSPS) is 12.4. The molecule has 0 heterocycles. The van der Waals surface area contributed by atoms with Crippen LogP contribution < -0.4 is 0 Å². The highest BCUT2D eigenvalue weighted by Crippen LogP contribution is 2.17. The van der Waals surface area contributed by atoms with Gasteiger partial charge in [-0.05, 0) is 83.5 Å². The molecule has 0 aromatic heterocycles. The number of carbonyl (C=O) groups excluding carboxylic acids is 3. The van der Waals surface area contributed by atoms with Crippen molar-refractivity contribution >= 4 is 17.9 Å². The lowest BCUT2D eigenvalue weighted by Crippen LogP contribution is -2.30. The molecule has 0 aliphatic heterocycles. The summed E-state index contributed by atoms with van der Waals surface area (Å²) in [5.74, 6) is -0.860. The van der Waals surface area contributed by atoms with Gasteiger partial charge in [-0.25, -0.2) is 0 Å². The second-order valence-electron chi connectivity index (χ2n) is 22.0. The topological polar surface area (TPSA) is 78.9 Å². The first-order chi connectivity index (χ1) is 37.0. The minimum atomic E-state index is -0.774. The average Bonchev–Trinajstić information content (AvgIpc) is 3.41. The zero-order valence-corrected chi connectivity index (χ0v) is 50.1. The number of hydrogen-bond donors (Lipinski definition) is 0. The molecule has 0 bridgehead atoms. The molecule has 0 radical (unpaired) electrons. The summed E-state index contributed by atoms with van der Waals surface area (Å²) >= 11 is 0. The Morgan fingerprint density at radius 1 is 0.280 bits per heavy atom. The van der Waals surface area contributed by atoms with Crippen molar-refractivity contribution in [2.45, 2.75) is 348 Å². The summed E-state index contributed by atoms with van der Waals surface area (Å²) in [4.78, 5) is 38.3. The van der Waals surface area contributed by atoms with Crippen LogP contribution in [-0.4, -0.2) is 37.2 Å². The van der Waals surface area contributed by atoms with Gasteiger partial charge in [-0.15, -0.1) is 0 Å². The molecule has 1 atom stereocenters. The summed E-state index contributed by atoms with van der Waals surface area (Å²) in [6.45, 7) is 6.55. The first kappa shape index (κ1) is 72.1. The molecule has 0 aliphatic rings. The van der Waals surface area contributed by atoms with Crippen molar-refractivity contribution in [3.8, 4) is 0 Å². The minimum absolute atomic E-state index is 0.0718. The van der Waals surface area contributed by atoms with E-state index in [1.54, 1.807) is 0 Å². The van der Waals surface area contributed by atoms with Gasteiger partial charge in [0.15, 0.2) is 6.10 Å². The molecule has 0 aliphatic carbocycles. The quantitative estimate of drug-likeness (QED) is 0.0261. The molecular weight excluding hydrogens is 925 g/mol. The Labute approximate surface area is 466 Å². The lowest BCUT2D eigenvalue weighted by Gasteiger charge is -2.18. The van der Waals surface area contributed by atoms with Crippen molar-refractivity contribution in [3.05, 3.63) is 60.8 Å². The van der Waals surface area contributed by atoms with E-state index in [2.05, 4.69) is 81.5 Å². The van der Waals surface area contributed by atoms with E-state index in [0.717, 1.165) is 89.9 Å². The van der Waals surface area contributed by atoms with Crippen molar-refractivity contribution < 1.29 is 28.6 Å². The van der Waals surface area contributed by atoms with Crippen molar-refractivity contribution in [2.24, 2.45) is 0 Å². The largest absolute Gasteiger partial charge is 0.462 e. The van der Waals surface area contributed by atoms with Gasteiger partial charge >= 0.3 is 17.9 Å². The molecule has 0 fully saturated rings. The Morgan fingerprint density at radius 2 is 0.520 bits per heavy atom. The van der Waals surface area contributed by atoms with E-state index in [9.17, 15) is 14.4 Å². The van der Waals surface area contributed by atoms with E-state index >= 15 is 0 Å². The van der Waals surface area contributed by atoms with Gasteiger partial charge in [0.2, 0.25) is 0 Å². The van der Waals surface area contributed by atoms with Gasteiger partial charge in [-0.2, -0.15) is 0 Å². The van der Waals surface area contributed by atoms with E-state index in [-0.39, 0.29) is 31.1 Å². The highest BCUT2D eigenvalue weighted by atomic mass is 16.6. The second kappa shape index (κ2) is 63.6. The Hall–Kier alpha value is -2.89. The van der Waals surface area contributed by atoms with Gasteiger partial charge < -0.3 is 14.2 Å². The van der Waals surface area contributed by atoms with Crippen LogP contribution in [0.2, 0.25) is 0 Å². The van der Waals surface area contributed by atoms with E-state index < -0.39 is 6.10 Å². The van der Waals surface area contributed by atoms with Crippen LogP contribution >= 0.6 is 0 Å². The van der Waals surface area contributed by atoms with Crippen molar-refractivity contribution in [3.63, 3.8) is 0 Å². The van der Waals surface area contributed by atoms with Crippen LogP contribution in [0.4, 0.5) is 0 Å². The lowest BCUT2D eigenvalue weighted by molar-refractivity contribution is -0.167. The van der Waals surface area contributed by atoms with Crippen LogP contribution in [0, 0.1) is 0 Å². The number of hydrogen-bond acceptors (Lipinski definition) is 6. The summed E-state index contributed by atoms with van der Waals surface area (Å²) in [5, 5.41) is 0. The van der Waals surface area contributed by atoms with Crippen LogP contribution in [0.25, 0.3) is 0 Å². The maximum Gasteiger partial charge on any atom is 0.306 e. The summed E-state index contributed by atoms with van der Waals surface area (Å²) in [5.41, 5.74) is 0. The Kier molecular flexibility index (Phi) is 61.2. The van der Waals surface area contributed by atoms with Crippen LogP contribution in [-0.2, 0) is 28.6 Å². The number of allylic oxidation sites excluding steroid dienone is 10. The van der Waals surface area contributed by atoms with Gasteiger partial charge in [-0.1, -0.05) is 300 Å². The summed E-state index contributed by atoms with van der Waals surface area (Å²) < 4.78 is 16.9. The molecule has 0 N–H and O–H groups in total. The second-order valence-corrected chi connectivity index (χ2v) is 22.0. The molecule has 0 spiro atoms. The van der Waals surface area contributed by atoms with E-state index in [0.29, 0.717) is 19.3 Å². The smallest absolute Gasteiger partial charge is 0.306 e. The first-order valence-corrected chi connectivity index (χ1v) is 32.8. The SMILES string of the molecule is CC/C=C\C/C=C\C/C=C\C/C=C\CCCCCCCCCCCCCCCCCCC(=O)OCC(COC(=O)CCCCCCC/C=C\CCCCCC)OC(=O)CCCCCCCCCCCCCCCCC. The van der Waals surface area contributed by atoms with E-state index in [1.165, 1.54) is 212 Å². The van der Waals surface area contributed by atoms with E-state index in [1.807, 2.05) is 0 Å². The number of unbranched alkanes of at least 4 members (excludes halogenated alkanes) is 39. The molecule has 0 rings (SSSR count). The predicted molar refractivity (Wildman–Crippen MR) is 325 cm³/mol. The Bertz CT molecular complexity index is 1340. The van der Waals surface area contributed by atoms with Gasteiger partial charge in [0.05, 0.1) is 0 Å². The molecule has 1 unspecified atom stereocenters. The van der Waals surface area contributed by atoms with Gasteiger partial charge in [-0.3, -0.25) is 14.4 Å². The zero-order valence-electron chi connectivity index (χ0n) is 50.1. The first-order valence-electron chi connectivity index (χ1n) is 32.8. The van der Waals surface area contributed by atoms with Crippen LogP contribution in [0.3, 0.4) is 0 Å². The molecule has 0 saturated heterocycles. The van der Waals surface area contributed by atoms with Gasteiger partial charge in [0.1, 0.15) is 13.2 Å². The summed E-state index contributed by atoms with van der Waals surface area (Å²) in [6, 6.07) is 0. The molecule has 0 aromatic rings. The number of carbonyl (C=O) groups is 3. The van der Waals surface area contributed by atoms with Crippen molar-refractivity contribution in [2.75, 3.05) is 13.2 Å². The highest BCUT2D eigenvalue weighted by molar-refractivity contribution is 5.71. The minimum Gasteiger partial charge on any atom is -0.462 e. The Balaban J connectivity index is 4.18. The summed E-state index contributed by atoms with van der Waals surface area (Å²) in [7, 11) is 0.